The maximum Gasteiger partial charge on any atom is 0.257 e. The van der Waals surface area contributed by atoms with Gasteiger partial charge in [0.25, 0.3) is 5.95 Å². The molecule has 0 aromatic carbocycles. The lowest BCUT2D eigenvalue weighted by Gasteiger charge is -2.48. The van der Waals surface area contributed by atoms with Crippen LogP contribution >= 0.6 is 0 Å². The van der Waals surface area contributed by atoms with Crippen molar-refractivity contribution in [3.63, 3.8) is 0 Å². The molecule has 1 spiro atoms. The van der Waals surface area contributed by atoms with E-state index in [9.17, 15) is 0 Å². The summed E-state index contributed by atoms with van der Waals surface area (Å²) in [6.45, 7) is 6.14. The van der Waals surface area contributed by atoms with Gasteiger partial charge in [0, 0.05) is 45.1 Å². The fraction of sp³-hybridized carbons (Fsp3) is 0.625. The standard InChI is InChI=1S/C16H22N8O/c1-2-7-22(6-1)13-19-14(21-15(20-13)24-8-3-4-18-24)23-9-5-17-16(10-23)11-25-12-16/h3-4,8,17H,1-2,5-7,9-12H2. The molecule has 0 atom stereocenters. The molecule has 5 heterocycles. The highest BCUT2D eigenvalue weighted by atomic mass is 16.5. The van der Waals surface area contributed by atoms with Crippen LogP contribution in [0.2, 0.25) is 0 Å². The van der Waals surface area contributed by atoms with Gasteiger partial charge in [-0.3, -0.25) is 0 Å². The Balaban J connectivity index is 1.51. The molecule has 5 rings (SSSR count). The van der Waals surface area contributed by atoms with Gasteiger partial charge in [-0.2, -0.15) is 20.1 Å². The minimum absolute atomic E-state index is 0.0462. The highest BCUT2D eigenvalue weighted by Crippen LogP contribution is 2.25. The number of rotatable bonds is 3. The molecule has 9 nitrogen and oxygen atoms in total. The predicted octanol–water partition coefficient (Wildman–Crippen LogP) is -0.164. The van der Waals surface area contributed by atoms with Gasteiger partial charge in [-0.1, -0.05) is 0 Å². The molecule has 132 valence electrons. The molecule has 0 unspecified atom stereocenters. The van der Waals surface area contributed by atoms with Crippen LogP contribution in [-0.4, -0.2) is 76.2 Å². The molecule has 0 amide bonds. The number of aromatic nitrogens is 5. The Morgan fingerprint density at radius 2 is 1.72 bits per heavy atom. The summed E-state index contributed by atoms with van der Waals surface area (Å²) in [5, 5.41) is 7.87. The van der Waals surface area contributed by atoms with Gasteiger partial charge in [0.1, 0.15) is 0 Å². The van der Waals surface area contributed by atoms with Crippen molar-refractivity contribution < 1.29 is 4.74 Å². The Morgan fingerprint density at radius 3 is 2.40 bits per heavy atom. The normalized spacial score (nSPS) is 22.4. The van der Waals surface area contributed by atoms with Gasteiger partial charge in [0.2, 0.25) is 11.9 Å². The van der Waals surface area contributed by atoms with Gasteiger partial charge in [-0.25, -0.2) is 4.68 Å². The monoisotopic (exact) mass is 342 g/mol. The summed E-state index contributed by atoms with van der Waals surface area (Å²) < 4.78 is 7.13. The van der Waals surface area contributed by atoms with Crippen LogP contribution in [0.15, 0.2) is 18.5 Å². The third-order valence-electron chi connectivity index (χ3n) is 5.11. The Bertz CT molecular complexity index is 739. The maximum atomic E-state index is 5.42. The Labute approximate surface area is 146 Å². The first-order valence-electron chi connectivity index (χ1n) is 8.90. The molecule has 0 radical (unpaired) electrons. The van der Waals surface area contributed by atoms with Crippen LogP contribution in [-0.2, 0) is 4.74 Å². The second kappa shape index (κ2) is 5.92. The van der Waals surface area contributed by atoms with Crippen molar-refractivity contribution in [2.24, 2.45) is 0 Å². The average Bonchev–Trinajstić information content (AvgIpc) is 3.34. The number of hydrogen-bond acceptors (Lipinski definition) is 8. The van der Waals surface area contributed by atoms with Crippen molar-refractivity contribution in [3.05, 3.63) is 18.5 Å². The van der Waals surface area contributed by atoms with Crippen molar-refractivity contribution in [1.82, 2.24) is 30.0 Å². The fourth-order valence-corrected chi connectivity index (χ4v) is 3.70. The number of piperazine rings is 1. The average molecular weight is 342 g/mol. The summed E-state index contributed by atoms with van der Waals surface area (Å²) in [4.78, 5) is 18.6. The summed E-state index contributed by atoms with van der Waals surface area (Å²) in [5.41, 5.74) is 0.0462. The molecule has 3 saturated heterocycles. The molecule has 25 heavy (non-hydrogen) atoms. The van der Waals surface area contributed by atoms with Gasteiger partial charge < -0.3 is 19.9 Å². The van der Waals surface area contributed by atoms with Crippen LogP contribution in [0.25, 0.3) is 5.95 Å². The summed E-state index contributed by atoms with van der Waals surface area (Å²) in [5.74, 6) is 2.06. The SMILES string of the molecule is c1cnn(-c2nc(N3CCCC3)nc(N3CCNC4(COC4)C3)n2)c1. The second-order valence-corrected chi connectivity index (χ2v) is 7.00. The van der Waals surface area contributed by atoms with E-state index in [1.807, 2.05) is 12.3 Å². The van der Waals surface area contributed by atoms with Crippen LogP contribution in [0.4, 0.5) is 11.9 Å². The first-order chi connectivity index (χ1) is 12.3. The Morgan fingerprint density at radius 1 is 0.960 bits per heavy atom. The van der Waals surface area contributed by atoms with Crippen LogP contribution in [0.3, 0.4) is 0 Å². The van der Waals surface area contributed by atoms with Gasteiger partial charge in [-0.05, 0) is 18.9 Å². The third kappa shape index (κ3) is 2.73. The Kier molecular flexibility index (Phi) is 3.56. The van der Waals surface area contributed by atoms with E-state index in [1.54, 1.807) is 10.9 Å². The molecule has 0 aliphatic carbocycles. The van der Waals surface area contributed by atoms with E-state index in [2.05, 4.69) is 25.2 Å². The third-order valence-corrected chi connectivity index (χ3v) is 5.11. The molecule has 1 N–H and O–H groups in total. The van der Waals surface area contributed by atoms with E-state index in [0.717, 1.165) is 57.8 Å². The van der Waals surface area contributed by atoms with E-state index in [-0.39, 0.29) is 5.54 Å². The van der Waals surface area contributed by atoms with Crippen LogP contribution < -0.4 is 15.1 Å². The fourth-order valence-electron chi connectivity index (χ4n) is 3.70. The van der Waals surface area contributed by atoms with Gasteiger partial charge >= 0.3 is 0 Å². The van der Waals surface area contributed by atoms with Crippen molar-refractivity contribution >= 4 is 11.9 Å². The van der Waals surface area contributed by atoms with E-state index < -0.39 is 0 Å². The molecule has 3 fully saturated rings. The number of ether oxygens (including phenoxy) is 1. The van der Waals surface area contributed by atoms with Gasteiger partial charge in [-0.15, -0.1) is 0 Å². The minimum Gasteiger partial charge on any atom is -0.377 e. The zero-order valence-corrected chi connectivity index (χ0v) is 14.1. The smallest absolute Gasteiger partial charge is 0.257 e. The molecule has 2 aromatic heterocycles. The largest absolute Gasteiger partial charge is 0.377 e. The number of anilines is 2. The Hall–Kier alpha value is -2.26. The topological polar surface area (TPSA) is 84.2 Å². The zero-order chi connectivity index (χ0) is 16.7. The zero-order valence-electron chi connectivity index (χ0n) is 14.1. The lowest BCUT2D eigenvalue weighted by atomic mass is 9.95. The van der Waals surface area contributed by atoms with E-state index in [0.29, 0.717) is 5.95 Å². The summed E-state index contributed by atoms with van der Waals surface area (Å²) in [6.07, 6.45) is 5.98. The van der Waals surface area contributed by atoms with Crippen molar-refractivity contribution in [2.45, 2.75) is 18.4 Å². The van der Waals surface area contributed by atoms with E-state index in [1.165, 1.54) is 12.8 Å². The molecule has 9 heteroatoms. The highest BCUT2D eigenvalue weighted by molar-refractivity contribution is 5.43. The first kappa shape index (κ1) is 15.0. The maximum absolute atomic E-state index is 5.42. The van der Waals surface area contributed by atoms with Crippen LogP contribution in [0, 0.1) is 0 Å². The molecule has 0 saturated carbocycles. The van der Waals surface area contributed by atoms with Crippen molar-refractivity contribution in [2.75, 3.05) is 55.7 Å². The van der Waals surface area contributed by atoms with Crippen molar-refractivity contribution in [3.8, 4) is 5.95 Å². The lowest BCUT2D eigenvalue weighted by molar-refractivity contribution is -0.0744. The number of nitrogens with zero attached hydrogens (tertiary/aromatic N) is 7. The first-order valence-corrected chi connectivity index (χ1v) is 8.90. The number of hydrogen-bond donors (Lipinski definition) is 1. The van der Waals surface area contributed by atoms with Crippen molar-refractivity contribution in [1.29, 1.82) is 0 Å². The second-order valence-electron chi connectivity index (χ2n) is 7.00. The van der Waals surface area contributed by atoms with Crippen LogP contribution in [0.5, 0.6) is 0 Å². The molecular weight excluding hydrogens is 320 g/mol. The highest BCUT2D eigenvalue weighted by Gasteiger charge is 2.42. The summed E-state index contributed by atoms with van der Waals surface area (Å²) in [6, 6.07) is 1.88. The molecular formula is C16H22N8O. The summed E-state index contributed by atoms with van der Waals surface area (Å²) in [7, 11) is 0. The minimum atomic E-state index is 0.0462. The molecule has 3 aliphatic rings. The van der Waals surface area contributed by atoms with E-state index in [4.69, 9.17) is 14.7 Å². The quantitative estimate of drug-likeness (QED) is 0.824. The van der Waals surface area contributed by atoms with Gasteiger partial charge in [0.05, 0.1) is 18.8 Å². The molecule has 3 aliphatic heterocycles. The molecule has 0 bridgehead atoms. The number of nitrogens with one attached hydrogen (secondary N) is 1. The van der Waals surface area contributed by atoms with Crippen LogP contribution in [0.1, 0.15) is 12.8 Å². The lowest BCUT2D eigenvalue weighted by Crippen LogP contribution is -2.70. The van der Waals surface area contributed by atoms with Gasteiger partial charge in [0.15, 0.2) is 0 Å². The van der Waals surface area contributed by atoms with E-state index >= 15 is 0 Å². The molecule has 2 aromatic rings. The predicted molar refractivity (Wildman–Crippen MR) is 92.2 cm³/mol. The summed E-state index contributed by atoms with van der Waals surface area (Å²) >= 11 is 0.